The zero-order valence-corrected chi connectivity index (χ0v) is 19.9. The first-order valence-corrected chi connectivity index (χ1v) is 13.3. The molecular formula is C23H36O5Si. The summed E-state index contributed by atoms with van der Waals surface area (Å²) in [4.78, 5) is 12.0. The average molecular weight is 421 g/mol. The molecule has 1 heterocycles. The third-order valence-electron chi connectivity index (χ3n) is 5.70. The summed E-state index contributed by atoms with van der Waals surface area (Å²) in [5.74, 6) is -0.291. The SMILES string of the molecule is CCOC(=O)/C(C)=C/C[C@@H]1O[C@H](c2ccccc2)OC[C@H]1O[Si](C)(C)C(C)(C)C. The van der Waals surface area contributed by atoms with Crippen LogP contribution in [0, 0.1) is 0 Å². The first-order valence-electron chi connectivity index (χ1n) is 10.4. The van der Waals surface area contributed by atoms with Crippen LogP contribution >= 0.6 is 0 Å². The number of rotatable bonds is 7. The number of carbonyl (C=O) groups is 1. The Morgan fingerprint density at radius 2 is 1.90 bits per heavy atom. The molecule has 0 radical (unpaired) electrons. The maximum absolute atomic E-state index is 12.0. The topological polar surface area (TPSA) is 54.0 Å². The van der Waals surface area contributed by atoms with Gasteiger partial charge in [-0.2, -0.15) is 0 Å². The van der Waals surface area contributed by atoms with Crippen molar-refractivity contribution in [2.24, 2.45) is 0 Å². The molecule has 0 aromatic heterocycles. The van der Waals surface area contributed by atoms with Crippen LogP contribution in [0.3, 0.4) is 0 Å². The molecule has 0 spiro atoms. The highest BCUT2D eigenvalue weighted by molar-refractivity contribution is 6.74. The van der Waals surface area contributed by atoms with Crippen molar-refractivity contribution in [3.8, 4) is 0 Å². The van der Waals surface area contributed by atoms with Gasteiger partial charge in [0.25, 0.3) is 0 Å². The van der Waals surface area contributed by atoms with Crippen LogP contribution in [0.1, 0.15) is 52.9 Å². The summed E-state index contributed by atoms with van der Waals surface area (Å²) in [6, 6.07) is 9.91. The van der Waals surface area contributed by atoms with Crippen molar-refractivity contribution in [2.75, 3.05) is 13.2 Å². The van der Waals surface area contributed by atoms with Crippen molar-refractivity contribution in [3.05, 3.63) is 47.5 Å². The van der Waals surface area contributed by atoms with Gasteiger partial charge in [-0.1, -0.05) is 57.2 Å². The Kier molecular flexibility index (Phi) is 8.23. The van der Waals surface area contributed by atoms with Crippen LogP contribution in [0.15, 0.2) is 42.0 Å². The molecule has 1 aromatic carbocycles. The van der Waals surface area contributed by atoms with E-state index in [1.807, 2.05) is 36.4 Å². The summed E-state index contributed by atoms with van der Waals surface area (Å²) in [5.41, 5.74) is 1.57. The average Bonchev–Trinajstić information content (AvgIpc) is 2.66. The van der Waals surface area contributed by atoms with E-state index in [1.165, 1.54) is 0 Å². The minimum absolute atomic E-state index is 0.0878. The summed E-state index contributed by atoms with van der Waals surface area (Å²) in [6.07, 6.45) is 1.64. The largest absolute Gasteiger partial charge is 0.463 e. The second kappa shape index (κ2) is 10.0. The summed E-state index contributed by atoms with van der Waals surface area (Å²) < 4.78 is 24.0. The number of hydrogen-bond acceptors (Lipinski definition) is 5. The summed E-state index contributed by atoms with van der Waals surface area (Å²) in [7, 11) is -2.00. The van der Waals surface area contributed by atoms with E-state index in [9.17, 15) is 4.79 Å². The van der Waals surface area contributed by atoms with Crippen molar-refractivity contribution < 1.29 is 23.4 Å². The summed E-state index contributed by atoms with van der Waals surface area (Å²) in [5, 5.41) is 0.0878. The quantitative estimate of drug-likeness (QED) is 0.336. The van der Waals surface area contributed by atoms with E-state index in [1.54, 1.807) is 13.8 Å². The molecule has 0 unspecified atom stereocenters. The highest BCUT2D eigenvalue weighted by Gasteiger charge is 2.43. The van der Waals surface area contributed by atoms with E-state index in [0.717, 1.165) is 5.56 Å². The Bertz CT molecular complexity index is 693. The van der Waals surface area contributed by atoms with Crippen molar-refractivity contribution in [1.82, 2.24) is 0 Å². The first-order chi connectivity index (χ1) is 13.5. The fourth-order valence-electron chi connectivity index (χ4n) is 2.85. The van der Waals surface area contributed by atoms with Gasteiger partial charge in [-0.05, 0) is 38.4 Å². The van der Waals surface area contributed by atoms with Crippen LogP contribution in [0.2, 0.25) is 18.1 Å². The third-order valence-corrected chi connectivity index (χ3v) is 10.2. The molecule has 0 aliphatic carbocycles. The minimum atomic E-state index is -2.00. The van der Waals surface area contributed by atoms with Crippen LogP contribution in [-0.2, 0) is 23.4 Å². The number of esters is 1. The Labute approximate surface area is 176 Å². The molecule has 0 saturated carbocycles. The van der Waals surface area contributed by atoms with E-state index >= 15 is 0 Å². The number of benzene rings is 1. The standard InChI is InChI=1S/C23H36O5Si/c1-8-25-21(24)17(2)14-15-19-20(28-29(6,7)23(3,4)5)16-26-22(27-19)18-12-10-9-11-13-18/h9-14,19-20,22H,8,15-16H2,1-7H3/b17-14+/t19-,20+,22+/m0/s1. The molecule has 0 N–H and O–H groups in total. The first kappa shape index (κ1) is 23.8. The Balaban J connectivity index is 2.18. The molecule has 2 rings (SSSR count). The van der Waals surface area contributed by atoms with Crippen LogP contribution in [0.5, 0.6) is 0 Å². The molecule has 162 valence electrons. The van der Waals surface area contributed by atoms with E-state index in [0.29, 0.717) is 25.2 Å². The van der Waals surface area contributed by atoms with Gasteiger partial charge in [0.1, 0.15) is 0 Å². The van der Waals surface area contributed by atoms with E-state index in [-0.39, 0.29) is 23.2 Å². The van der Waals surface area contributed by atoms with Gasteiger partial charge in [-0.3, -0.25) is 0 Å². The van der Waals surface area contributed by atoms with Gasteiger partial charge in [0, 0.05) is 11.1 Å². The van der Waals surface area contributed by atoms with Gasteiger partial charge in [0.2, 0.25) is 0 Å². The lowest BCUT2D eigenvalue weighted by Gasteiger charge is -2.44. The fourth-order valence-corrected chi connectivity index (χ4v) is 4.18. The second-order valence-electron chi connectivity index (χ2n) is 9.01. The van der Waals surface area contributed by atoms with Crippen LogP contribution in [0.4, 0.5) is 0 Å². The van der Waals surface area contributed by atoms with Crippen molar-refractivity contribution >= 4 is 14.3 Å². The molecule has 1 fully saturated rings. The Morgan fingerprint density at radius 3 is 2.48 bits per heavy atom. The predicted octanol–water partition coefficient (Wildman–Crippen LogP) is 5.39. The molecule has 6 heteroatoms. The van der Waals surface area contributed by atoms with Gasteiger partial charge in [-0.25, -0.2) is 4.79 Å². The number of ether oxygens (including phenoxy) is 3. The van der Waals surface area contributed by atoms with E-state index in [4.69, 9.17) is 18.6 Å². The van der Waals surface area contributed by atoms with Crippen molar-refractivity contribution in [3.63, 3.8) is 0 Å². The molecule has 5 nitrogen and oxygen atoms in total. The zero-order valence-electron chi connectivity index (χ0n) is 18.9. The van der Waals surface area contributed by atoms with Crippen molar-refractivity contribution in [1.29, 1.82) is 0 Å². The Morgan fingerprint density at radius 1 is 1.24 bits per heavy atom. The Hall–Kier alpha value is -1.47. The minimum Gasteiger partial charge on any atom is -0.463 e. The van der Waals surface area contributed by atoms with Crippen LogP contribution in [-0.4, -0.2) is 39.7 Å². The summed E-state index contributed by atoms with van der Waals surface area (Å²) in [6.45, 7) is 15.5. The molecule has 29 heavy (non-hydrogen) atoms. The normalized spacial score (nSPS) is 23.7. The number of carbonyl (C=O) groups excluding carboxylic acids is 1. The molecule has 1 saturated heterocycles. The monoisotopic (exact) mass is 420 g/mol. The lowest BCUT2D eigenvalue weighted by molar-refractivity contribution is -0.252. The van der Waals surface area contributed by atoms with Crippen molar-refractivity contribution in [2.45, 2.75) is 77.7 Å². The molecule has 1 aromatic rings. The molecule has 1 aliphatic rings. The maximum Gasteiger partial charge on any atom is 0.333 e. The van der Waals surface area contributed by atoms with Gasteiger partial charge >= 0.3 is 5.97 Å². The predicted molar refractivity (Wildman–Crippen MR) is 117 cm³/mol. The van der Waals surface area contributed by atoms with Gasteiger partial charge < -0.3 is 18.6 Å². The summed E-state index contributed by atoms with van der Waals surface area (Å²) >= 11 is 0. The molecule has 1 aliphatic heterocycles. The smallest absolute Gasteiger partial charge is 0.333 e. The van der Waals surface area contributed by atoms with Gasteiger partial charge in [0.05, 0.1) is 25.4 Å². The molecule has 0 amide bonds. The number of hydrogen-bond donors (Lipinski definition) is 0. The third kappa shape index (κ3) is 6.51. The molecular weight excluding hydrogens is 384 g/mol. The highest BCUT2D eigenvalue weighted by Crippen LogP contribution is 2.39. The van der Waals surface area contributed by atoms with E-state index < -0.39 is 14.6 Å². The van der Waals surface area contributed by atoms with Crippen LogP contribution < -0.4 is 0 Å². The zero-order chi connectivity index (χ0) is 21.7. The maximum atomic E-state index is 12.0. The lowest BCUT2D eigenvalue weighted by atomic mass is 10.1. The molecule has 3 atom stereocenters. The molecule has 0 bridgehead atoms. The van der Waals surface area contributed by atoms with Gasteiger partial charge in [0.15, 0.2) is 14.6 Å². The van der Waals surface area contributed by atoms with Crippen LogP contribution in [0.25, 0.3) is 0 Å². The van der Waals surface area contributed by atoms with E-state index in [2.05, 4.69) is 33.9 Å². The lowest BCUT2D eigenvalue weighted by Crippen LogP contribution is -2.51. The highest BCUT2D eigenvalue weighted by atomic mass is 28.4. The van der Waals surface area contributed by atoms with Gasteiger partial charge in [-0.15, -0.1) is 0 Å². The second-order valence-corrected chi connectivity index (χ2v) is 13.8. The fraction of sp³-hybridized carbons (Fsp3) is 0.609.